The van der Waals surface area contributed by atoms with Gasteiger partial charge in [-0.15, -0.1) is 0 Å². The van der Waals surface area contributed by atoms with Gasteiger partial charge in [-0.25, -0.2) is 9.97 Å². The summed E-state index contributed by atoms with van der Waals surface area (Å²) in [4.78, 5) is 11.2. The molecule has 0 radical (unpaired) electrons. The molecule has 1 fully saturated rings. The average Bonchev–Trinajstić information content (AvgIpc) is 2.45. The zero-order chi connectivity index (χ0) is 14.4. The number of hydrogen-bond acceptors (Lipinski definition) is 5. The molecule has 0 bridgehead atoms. The minimum absolute atomic E-state index is 0.705. The van der Waals surface area contributed by atoms with E-state index < -0.39 is 0 Å². The van der Waals surface area contributed by atoms with Gasteiger partial charge in [-0.1, -0.05) is 6.92 Å². The summed E-state index contributed by atoms with van der Waals surface area (Å²) in [5.74, 6) is 3.45. The molecule has 20 heavy (non-hydrogen) atoms. The topological polar surface area (TPSA) is 50.3 Å². The van der Waals surface area contributed by atoms with E-state index in [-0.39, 0.29) is 0 Å². The first-order valence-corrected chi connectivity index (χ1v) is 7.57. The third kappa shape index (κ3) is 4.34. The van der Waals surface area contributed by atoms with E-state index >= 15 is 0 Å². The number of aromatic nitrogens is 2. The Labute approximate surface area is 121 Å². The van der Waals surface area contributed by atoms with Gasteiger partial charge in [0.15, 0.2) is 0 Å². The smallest absolute Gasteiger partial charge is 0.134 e. The van der Waals surface area contributed by atoms with Crippen LogP contribution >= 0.6 is 0 Å². The van der Waals surface area contributed by atoms with E-state index in [0.717, 1.165) is 63.0 Å². The predicted molar refractivity (Wildman–Crippen MR) is 82.4 cm³/mol. The van der Waals surface area contributed by atoms with Crippen molar-refractivity contribution < 1.29 is 4.74 Å². The molecule has 5 heteroatoms. The summed E-state index contributed by atoms with van der Waals surface area (Å²) >= 11 is 0. The Hall–Kier alpha value is -1.36. The molecule has 0 atom stereocenters. The van der Waals surface area contributed by atoms with Crippen LogP contribution in [0, 0.1) is 12.8 Å². The Balaban J connectivity index is 2.00. The molecule has 0 unspecified atom stereocenters. The highest BCUT2D eigenvalue weighted by Crippen LogP contribution is 2.20. The lowest BCUT2D eigenvalue weighted by Gasteiger charge is -2.28. The van der Waals surface area contributed by atoms with Crippen molar-refractivity contribution in [1.82, 2.24) is 9.97 Å². The van der Waals surface area contributed by atoms with Crippen molar-refractivity contribution in [2.24, 2.45) is 5.92 Å². The van der Waals surface area contributed by atoms with Crippen LogP contribution in [0.1, 0.15) is 32.0 Å². The Kier molecular flexibility index (Phi) is 5.59. The summed E-state index contributed by atoms with van der Waals surface area (Å²) in [5.41, 5.74) is 0. The quantitative estimate of drug-likeness (QED) is 0.866. The molecule has 0 aliphatic carbocycles. The summed E-state index contributed by atoms with van der Waals surface area (Å²) in [6.07, 6.45) is 3.39. The van der Waals surface area contributed by atoms with E-state index in [0.29, 0.717) is 5.92 Å². The van der Waals surface area contributed by atoms with Crippen molar-refractivity contribution >= 4 is 11.6 Å². The SMILES string of the molecule is CCCNc1cc(N(C)CC2CCOCC2)nc(C)n1. The van der Waals surface area contributed by atoms with E-state index in [1.54, 1.807) is 0 Å². The highest BCUT2D eigenvalue weighted by molar-refractivity contribution is 5.48. The van der Waals surface area contributed by atoms with Crippen molar-refractivity contribution in [3.63, 3.8) is 0 Å². The molecule has 5 nitrogen and oxygen atoms in total. The van der Waals surface area contributed by atoms with Gasteiger partial charge in [-0.3, -0.25) is 0 Å². The van der Waals surface area contributed by atoms with Crippen LogP contribution in [-0.2, 0) is 4.74 Å². The molecule has 112 valence electrons. The van der Waals surface area contributed by atoms with Crippen molar-refractivity contribution in [3.05, 3.63) is 11.9 Å². The van der Waals surface area contributed by atoms with Crippen LogP contribution in [0.15, 0.2) is 6.07 Å². The molecule has 0 amide bonds. The van der Waals surface area contributed by atoms with E-state index in [9.17, 15) is 0 Å². The van der Waals surface area contributed by atoms with Gasteiger partial charge in [-0.2, -0.15) is 0 Å². The molecule has 0 aromatic carbocycles. The lowest BCUT2D eigenvalue weighted by Crippen LogP contribution is -2.30. The average molecular weight is 278 g/mol. The number of anilines is 2. The molecule has 2 heterocycles. The Morgan fingerprint density at radius 2 is 2.10 bits per heavy atom. The predicted octanol–water partition coefficient (Wildman–Crippen LogP) is 2.47. The minimum Gasteiger partial charge on any atom is -0.381 e. The molecule has 2 rings (SSSR count). The van der Waals surface area contributed by atoms with Gasteiger partial charge in [0.2, 0.25) is 0 Å². The van der Waals surface area contributed by atoms with Gasteiger partial charge in [0.1, 0.15) is 17.5 Å². The lowest BCUT2D eigenvalue weighted by atomic mass is 10.00. The van der Waals surface area contributed by atoms with E-state index in [1.165, 1.54) is 0 Å². The summed E-state index contributed by atoms with van der Waals surface area (Å²) in [5, 5.41) is 3.34. The Morgan fingerprint density at radius 3 is 2.80 bits per heavy atom. The molecule has 1 N–H and O–H groups in total. The molecule has 1 aliphatic heterocycles. The number of ether oxygens (including phenoxy) is 1. The molecule has 1 aromatic rings. The maximum absolute atomic E-state index is 5.42. The summed E-state index contributed by atoms with van der Waals surface area (Å²) < 4.78 is 5.42. The zero-order valence-electron chi connectivity index (χ0n) is 12.9. The number of rotatable bonds is 6. The first-order chi connectivity index (χ1) is 9.69. The first-order valence-electron chi connectivity index (χ1n) is 7.57. The van der Waals surface area contributed by atoms with Crippen molar-refractivity contribution in [2.45, 2.75) is 33.1 Å². The normalized spacial score (nSPS) is 16.1. The van der Waals surface area contributed by atoms with Crippen molar-refractivity contribution in [3.8, 4) is 0 Å². The Bertz CT molecular complexity index is 418. The largest absolute Gasteiger partial charge is 0.381 e. The minimum atomic E-state index is 0.705. The third-order valence-corrected chi connectivity index (χ3v) is 3.64. The standard InChI is InChI=1S/C15H26N4O/c1-4-7-16-14-10-15(18-12(2)17-14)19(3)11-13-5-8-20-9-6-13/h10,13H,4-9,11H2,1-3H3,(H,16,17,18). The fraction of sp³-hybridized carbons (Fsp3) is 0.733. The molecular weight excluding hydrogens is 252 g/mol. The first kappa shape index (κ1) is 15.0. The summed E-state index contributed by atoms with van der Waals surface area (Å²) in [6.45, 7) is 7.87. The zero-order valence-corrected chi connectivity index (χ0v) is 12.9. The van der Waals surface area contributed by atoms with Gasteiger partial charge in [0, 0.05) is 39.4 Å². The van der Waals surface area contributed by atoms with Gasteiger partial charge >= 0.3 is 0 Å². The molecule has 0 spiro atoms. The summed E-state index contributed by atoms with van der Waals surface area (Å²) in [7, 11) is 2.11. The fourth-order valence-corrected chi connectivity index (χ4v) is 2.50. The van der Waals surface area contributed by atoms with Crippen molar-refractivity contribution in [1.29, 1.82) is 0 Å². The summed E-state index contributed by atoms with van der Waals surface area (Å²) in [6, 6.07) is 2.04. The van der Waals surface area contributed by atoms with Gasteiger partial charge in [0.05, 0.1) is 0 Å². The van der Waals surface area contributed by atoms with Crippen LogP contribution in [0.4, 0.5) is 11.6 Å². The molecule has 1 saturated heterocycles. The second kappa shape index (κ2) is 7.43. The van der Waals surface area contributed by atoms with Crippen molar-refractivity contribution in [2.75, 3.05) is 43.6 Å². The maximum atomic E-state index is 5.42. The number of hydrogen-bond donors (Lipinski definition) is 1. The van der Waals surface area contributed by atoms with Crippen LogP contribution in [-0.4, -0.2) is 43.3 Å². The van der Waals surface area contributed by atoms with Crippen LogP contribution in [0.25, 0.3) is 0 Å². The van der Waals surface area contributed by atoms with E-state index in [4.69, 9.17) is 4.74 Å². The van der Waals surface area contributed by atoms with Crippen LogP contribution in [0.3, 0.4) is 0 Å². The highest BCUT2D eigenvalue weighted by atomic mass is 16.5. The van der Waals surface area contributed by atoms with E-state index in [1.807, 2.05) is 13.0 Å². The molecule has 0 saturated carbocycles. The highest BCUT2D eigenvalue weighted by Gasteiger charge is 2.17. The Morgan fingerprint density at radius 1 is 1.35 bits per heavy atom. The lowest BCUT2D eigenvalue weighted by molar-refractivity contribution is 0.0685. The van der Waals surface area contributed by atoms with Crippen LogP contribution in [0.2, 0.25) is 0 Å². The van der Waals surface area contributed by atoms with Crippen LogP contribution < -0.4 is 10.2 Å². The van der Waals surface area contributed by atoms with Gasteiger partial charge in [-0.05, 0) is 32.1 Å². The molecular formula is C15H26N4O. The molecule has 1 aromatic heterocycles. The maximum Gasteiger partial charge on any atom is 0.134 e. The number of nitrogens with one attached hydrogen (secondary N) is 1. The second-order valence-corrected chi connectivity index (χ2v) is 5.52. The van der Waals surface area contributed by atoms with E-state index in [2.05, 4.69) is 34.2 Å². The third-order valence-electron chi connectivity index (χ3n) is 3.64. The van der Waals surface area contributed by atoms with Gasteiger partial charge in [0.25, 0.3) is 0 Å². The fourth-order valence-electron chi connectivity index (χ4n) is 2.50. The monoisotopic (exact) mass is 278 g/mol. The number of nitrogens with zero attached hydrogens (tertiary/aromatic N) is 3. The second-order valence-electron chi connectivity index (χ2n) is 5.52. The van der Waals surface area contributed by atoms with Gasteiger partial charge < -0.3 is 15.0 Å². The molecule has 1 aliphatic rings. The van der Waals surface area contributed by atoms with Crippen LogP contribution in [0.5, 0.6) is 0 Å². The number of aryl methyl sites for hydroxylation is 1.